The summed E-state index contributed by atoms with van der Waals surface area (Å²) in [5.41, 5.74) is 5.92. The SMILES string of the molecule is Cc1cccc(-n2c(C)cc(CNC(=O)Nc3ccc(F)c(Cl)c3)c2C)c1. The van der Waals surface area contributed by atoms with Crippen molar-refractivity contribution in [2.45, 2.75) is 27.3 Å². The lowest BCUT2D eigenvalue weighted by molar-refractivity contribution is 0.251. The standard InChI is InChI=1S/C21H21ClFN3O/c1-13-5-4-6-18(9-13)26-14(2)10-16(15(26)3)12-24-21(27)25-17-7-8-20(23)19(22)11-17/h4-11H,12H2,1-3H3,(H2,24,25,27). The highest BCUT2D eigenvalue weighted by molar-refractivity contribution is 6.31. The van der Waals surface area contributed by atoms with Gasteiger partial charge in [-0.1, -0.05) is 23.7 Å². The van der Waals surface area contributed by atoms with Gasteiger partial charge in [0.25, 0.3) is 0 Å². The lowest BCUT2D eigenvalue weighted by Gasteiger charge is -2.11. The van der Waals surface area contributed by atoms with Crippen LogP contribution in [0.25, 0.3) is 5.69 Å². The van der Waals surface area contributed by atoms with Gasteiger partial charge >= 0.3 is 6.03 Å². The predicted octanol–water partition coefficient (Wildman–Crippen LogP) is 5.52. The highest BCUT2D eigenvalue weighted by atomic mass is 35.5. The first kappa shape index (κ1) is 19.0. The second kappa shape index (κ2) is 7.84. The quantitative estimate of drug-likeness (QED) is 0.610. The fourth-order valence-electron chi connectivity index (χ4n) is 3.10. The third kappa shape index (κ3) is 4.31. The molecule has 0 unspecified atom stereocenters. The molecule has 6 heteroatoms. The minimum atomic E-state index is -0.522. The van der Waals surface area contributed by atoms with Gasteiger partial charge in [-0.05, 0) is 68.3 Å². The average molecular weight is 386 g/mol. The van der Waals surface area contributed by atoms with Crippen LogP contribution >= 0.6 is 11.6 Å². The lowest BCUT2D eigenvalue weighted by atomic mass is 10.2. The fourth-order valence-corrected chi connectivity index (χ4v) is 3.28. The van der Waals surface area contributed by atoms with Crippen LogP contribution in [0.15, 0.2) is 48.5 Å². The summed E-state index contributed by atoms with van der Waals surface area (Å²) in [5, 5.41) is 5.44. The number of carbonyl (C=O) groups is 1. The molecular formula is C21H21ClFN3O. The van der Waals surface area contributed by atoms with Crippen LogP contribution in [0.3, 0.4) is 0 Å². The molecule has 0 bridgehead atoms. The Morgan fingerprint density at radius 3 is 2.59 bits per heavy atom. The van der Waals surface area contributed by atoms with E-state index in [1.165, 1.54) is 23.8 Å². The molecule has 0 aliphatic rings. The van der Waals surface area contributed by atoms with E-state index in [-0.39, 0.29) is 11.1 Å². The molecule has 3 aromatic rings. The predicted molar refractivity (Wildman–Crippen MR) is 107 cm³/mol. The molecule has 2 N–H and O–H groups in total. The van der Waals surface area contributed by atoms with Gasteiger partial charge in [-0.2, -0.15) is 0 Å². The van der Waals surface area contributed by atoms with Crippen LogP contribution in [0, 0.1) is 26.6 Å². The van der Waals surface area contributed by atoms with E-state index < -0.39 is 5.82 Å². The first-order chi connectivity index (χ1) is 12.8. The fraction of sp³-hybridized carbons (Fsp3) is 0.190. The summed E-state index contributed by atoms with van der Waals surface area (Å²) in [6.45, 7) is 6.52. The summed E-state index contributed by atoms with van der Waals surface area (Å²) in [5.74, 6) is -0.522. The summed E-state index contributed by atoms with van der Waals surface area (Å²) in [4.78, 5) is 12.1. The van der Waals surface area contributed by atoms with Gasteiger partial charge in [0.05, 0.1) is 5.02 Å². The lowest BCUT2D eigenvalue weighted by Crippen LogP contribution is -2.28. The average Bonchev–Trinajstić information content (AvgIpc) is 2.90. The van der Waals surface area contributed by atoms with E-state index in [2.05, 4.69) is 46.4 Å². The molecule has 140 valence electrons. The molecule has 3 rings (SSSR count). The van der Waals surface area contributed by atoms with Crippen molar-refractivity contribution in [1.82, 2.24) is 9.88 Å². The maximum Gasteiger partial charge on any atom is 0.319 e. The topological polar surface area (TPSA) is 46.1 Å². The number of benzene rings is 2. The molecular weight excluding hydrogens is 365 g/mol. The summed E-state index contributed by atoms with van der Waals surface area (Å²) in [7, 11) is 0. The third-order valence-electron chi connectivity index (χ3n) is 4.41. The molecule has 4 nitrogen and oxygen atoms in total. The van der Waals surface area contributed by atoms with Crippen molar-refractivity contribution >= 4 is 23.3 Å². The molecule has 0 saturated carbocycles. The number of nitrogens with zero attached hydrogens (tertiary/aromatic N) is 1. The molecule has 0 spiro atoms. The molecule has 0 atom stereocenters. The molecule has 0 fully saturated rings. The first-order valence-electron chi connectivity index (χ1n) is 8.60. The van der Waals surface area contributed by atoms with E-state index in [9.17, 15) is 9.18 Å². The maximum atomic E-state index is 13.2. The second-order valence-electron chi connectivity index (χ2n) is 6.51. The van der Waals surface area contributed by atoms with Crippen molar-refractivity contribution in [2.24, 2.45) is 0 Å². The van der Waals surface area contributed by atoms with Crippen LogP contribution in [0.5, 0.6) is 0 Å². The van der Waals surface area contributed by atoms with Gasteiger partial charge in [0, 0.05) is 29.3 Å². The zero-order chi connectivity index (χ0) is 19.6. The first-order valence-corrected chi connectivity index (χ1v) is 8.97. The van der Waals surface area contributed by atoms with Crippen molar-refractivity contribution in [1.29, 1.82) is 0 Å². The van der Waals surface area contributed by atoms with Crippen LogP contribution in [0.1, 0.15) is 22.5 Å². The molecule has 2 aromatic carbocycles. The van der Waals surface area contributed by atoms with Crippen molar-refractivity contribution in [3.63, 3.8) is 0 Å². The molecule has 0 saturated heterocycles. The molecule has 0 radical (unpaired) electrons. The number of aromatic nitrogens is 1. The minimum absolute atomic E-state index is 0.0329. The van der Waals surface area contributed by atoms with Crippen LogP contribution in [0.4, 0.5) is 14.9 Å². The van der Waals surface area contributed by atoms with Crippen molar-refractivity contribution in [3.8, 4) is 5.69 Å². The number of hydrogen-bond acceptors (Lipinski definition) is 1. The van der Waals surface area contributed by atoms with Crippen LogP contribution in [-0.2, 0) is 6.54 Å². The highest BCUT2D eigenvalue weighted by Gasteiger charge is 2.12. The number of hydrogen-bond donors (Lipinski definition) is 2. The number of halogens is 2. The zero-order valence-corrected chi connectivity index (χ0v) is 16.2. The summed E-state index contributed by atoms with van der Waals surface area (Å²) in [6.07, 6.45) is 0. The number of nitrogens with one attached hydrogen (secondary N) is 2. The number of amides is 2. The minimum Gasteiger partial charge on any atom is -0.334 e. The Morgan fingerprint density at radius 1 is 1.11 bits per heavy atom. The van der Waals surface area contributed by atoms with Gasteiger partial charge in [-0.25, -0.2) is 9.18 Å². The van der Waals surface area contributed by atoms with Crippen LogP contribution in [0.2, 0.25) is 5.02 Å². The smallest absolute Gasteiger partial charge is 0.319 e. The van der Waals surface area contributed by atoms with Crippen molar-refractivity contribution in [2.75, 3.05) is 5.32 Å². The number of urea groups is 1. The Labute approximate surface area is 163 Å². The van der Waals surface area contributed by atoms with E-state index >= 15 is 0 Å². The van der Waals surface area contributed by atoms with Gasteiger partial charge in [0.1, 0.15) is 5.82 Å². The van der Waals surface area contributed by atoms with E-state index in [0.717, 1.165) is 22.6 Å². The van der Waals surface area contributed by atoms with E-state index in [4.69, 9.17) is 11.6 Å². The summed E-state index contributed by atoms with van der Waals surface area (Å²) in [6, 6.07) is 14.0. The van der Waals surface area contributed by atoms with Gasteiger partial charge < -0.3 is 15.2 Å². The largest absolute Gasteiger partial charge is 0.334 e. The molecule has 1 heterocycles. The molecule has 0 aliphatic carbocycles. The summed E-state index contributed by atoms with van der Waals surface area (Å²) >= 11 is 5.73. The van der Waals surface area contributed by atoms with E-state index in [1.54, 1.807) is 0 Å². The Hall–Kier alpha value is -2.79. The Morgan fingerprint density at radius 2 is 1.89 bits per heavy atom. The molecule has 1 aromatic heterocycles. The Bertz CT molecular complexity index is 997. The zero-order valence-electron chi connectivity index (χ0n) is 15.4. The highest BCUT2D eigenvalue weighted by Crippen LogP contribution is 2.22. The van der Waals surface area contributed by atoms with Crippen LogP contribution in [-0.4, -0.2) is 10.6 Å². The van der Waals surface area contributed by atoms with E-state index in [0.29, 0.717) is 12.2 Å². The second-order valence-corrected chi connectivity index (χ2v) is 6.91. The number of anilines is 1. The number of carbonyl (C=O) groups excluding carboxylic acids is 1. The molecule has 0 aliphatic heterocycles. The van der Waals surface area contributed by atoms with Gasteiger partial charge in [-0.3, -0.25) is 0 Å². The van der Waals surface area contributed by atoms with E-state index in [1.807, 2.05) is 19.9 Å². The number of rotatable bonds is 4. The van der Waals surface area contributed by atoms with Crippen LogP contribution < -0.4 is 10.6 Å². The third-order valence-corrected chi connectivity index (χ3v) is 4.70. The molecule has 2 amide bonds. The summed E-state index contributed by atoms with van der Waals surface area (Å²) < 4.78 is 15.4. The van der Waals surface area contributed by atoms with Gasteiger partial charge in [-0.15, -0.1) is 0 Å². The van der Waals surface area contributed by atoms with Gasteiger partial charge in [0.15, 0.2) is 0 Å². The Kier molecular flexibility index (Phi) is 5.51. The monoisotopic (exact) mass is 385 g/mol. The van der Waals surface area contributed by atoms with Crippen molar-refractivity contribution < 1.29 is 9.18 Å². The Balaban J connectivity index is 1.70. The number of aryl methyl sites for hydroxylation is 2. The van der Waals surface area contributed by atoms with Gasteiger partial charge in [0.2, 0.25) is 0 Å². The van der Waals surface area contributed by atoms with Crippen molar-refractivity contribution in [3.05, 3.63) is 81.9 Å². The molecule has 27 heavy (non-hydrogen) atoms. The normalized spacial score (nSPS) is 10.7. The maximum absolute atomic E-state index is 13.2.